The van der Waals surface area contributed by atoms with Crippen molar-refractivity contribution in [3.05, 3.63) is 0 Å². The fourth-order valence-electron chi connectivity index (χ4n) is 3.94. The second-order valence-electron chi connectivity index (χ2n) is 6.66. The molecular formula is C15H29N. The van der Waals surface area contributed by atoms with Crippen LogP contribution in [0.2, 0.25) is 0 Å². The Hall–Kier alpha value is -0.0400. The van der Waals surface area contributed by atoms with Gasteiger partial charge in [0.05, 0.1) is 0 Å². The molecule has 1 unspecified atom stereocenters. The van der Waals surface area contributed by atoms with Gasteiger partial charge in [-0.25, -0.2) is 0 Å². The molecule has 16 heavy (non-hydrogen) atoms. The van der Waals surface area contributed by atoms with E-state index < -0.39 is 0 Å². The molecule has 0 aromatic heterocycles. The first-order valence-electron chi connectivity index (χ1n) is 7.39. The van der Waals surface area contributed by atoms with E-state index in [2.05, 4.69) is 13.8 Å². The van der Waals surface area contributed by atoms with Crippen LogP contribution in [0.3, 0.4) is 0 Å². The largest absolute Gasteiger partial charge is 0.325 e. The van der Waals surface area contributed by atoms with Crippen LogP contribution in [0.15, 0.2) is 0 Å². The Morgan fingerprint density at radius 1 is 0.812 bits per heavy atom. The molecule has 0 spiro atoms. The molecule has 2 aliphatic rings. The lowest BCUT2D eigenvalue weighted by molar-refractivity contribution is 0.109. The van der Waals surface area contributed by atoms with Crippen molar-refractivity contribution in [3.8, 4) is 0 Å². The fourth-order valence-corrected chi connectivity index (χ4v) is 3.94. The normalized spacial score (nSPS) is 36.9. The van der Waals surface area contributed by atoms with Crippen LogP contribution in [-0.4, -0.2) is 5.54 Å². The molecule has 0 aromatic rings. The van der Waals surface area contributed by atoms with Crippen LogP contribution >= 0.6 is 0 Å². The molecule has 2 aliphatic carbocycles. The topological polar surface area (TPSA) is 26.0 Å². The minimum atomic E-state index is 0.126. The summed E-state index contributed by atoms with van der Waals surface area (Å²) in [7, 11) is 0. The average molecular weight is 223 g/mol. The Bertz CT molecular complexity index is 207. The van der Waals surface area contributed by atoms with Gasteiger partial charge in [0.25, 0.3) is 0 Å². The maximum atomic E-state index is 6.71. The van der Waals surface area contributed by atoms with Crippen LogP contribution in [0.5, 0.6) is 0 Å². The van der Waals surface area contributed by atoms with Gasteiger partial charge < -0.3 is 5.73 Å². The summed E-state index contributed by atoms with van der Waals surface area (Å²) in [6.45, 7) is 4.74. The smallest absolute Gasteiger partial charge is 0.0182 e. The van der Waals surface area contributed by atoms with Crippen LogP contribution in [-0.2, 0) is 0 Å². The van der Waals surface area contributed by atoms with E-state index in [0.29, 0.717) is 0 Å². The van der Waals surface area contributed by atoms with Crippen molar-refractivity contribution in [1.29, 1.82) is 0 Å². The minimum Gasteiger partial charge on any atom is -0.325 e. The second kappa shape index (κ2) is 5.08. The minimum absolute atomic E-state index is 0.126. The molecule has 0 aromatic carbocycles. The van der Waals surface area contributed by atoms with Gasteiger partial charge in [-0.1, -0.05) is 39.0 Å². The van der Waals surface area contributed by atoms with Gasteiger partial charge in [-0.2, -0.15) is 0 Å². The number of rotatable bonds is 2. The van der Waals surface area contributed by atoms with E-state index in [0.717, 1.165) is 17.8 Å². The Morgan fingerprint density at radius 2 is 1.31 bits per heavy atom. The van der Waals surface area contributed by atoms with Gasteiger partial charge in [0.15, 0.2) is 0 Å². The van der Waals surface area contributed by atoms with E-state index in [-0.39, 0.29) is 5.54 Å². The van der Waals surface area contributed by atoms with E-state index in [1.165, 1.54) is 57.8 Å². The van der Waals surface area contributed by atoms with Gasteiger partial charge in [-0.15, -0.1) is 0 Å². The third kappa shape index (κ3) is 2.61. The predicted octanol–water partition coefficient (Wildman–Crippen LogP) is 4.11. The summed E-state index contributed by atoms with van der Waals surface area (Å²) in [5.41, 5.74) is 6.84. The van der Waals surface area contributed by atoms with Crippen LogP contribution in [0.4, 0.5) is 0 Å². The average Bonchev–Trinajstić information content (AvgIpc) is 2.31. The monoisotopic (exact) mass is 223 g/mol. The molecule has 0 saturated heterocycles. The van der Waals surface area contributed by atoms with Gasteiger partial charge in [0.1, 0.15) is 0 Å². The molecule has 0 radical (unpaired) electrons. The first-order valence-corrected chi connectivity index (χ1v) is 7.39. The summed E-state index contributed by atoms with van der Waals surface area (Å²) in [6.07, 6.45) is 12.6. The standard InChI is InChI=1S/C15H29N/c1-12-8-10-14(11-9-12)15(2,16)13-6-4-3-5-7-13/h12-14H,3-11,16H2,1-2H3. The van der Waals surface area contributed by atoms with Crippen molar-refractivity contribution in [2.45, 2.75) is 77.2 Å². The SMILES string of the molecule is CC1CCC(C(C)(N)C2CCCCC2)CC1. The maximum absolute atomic E-state index is 6.71. The summed E-state index contributed by atoms with van der Waals surface area (Å²) in [5, 5.41) is 0. The highest BCUT2D eigenvalue weighted by Crippen LogP contribution is 2.42. The zero-order chi connectivity index (χ0) is 11.6. The molecule has 0 amide bonds. The summed E-state index contributed by atoms with van der Waals surface area (Å²) in [4.78, 5) is 0. The maximum Gasteiger partial charge on any atom is 0.0182 e. The Kier molecular flexibility index (Phi) is 3.94. The highest BCUT2D eigenvalue weighted by Gasteiger charge is 2.39. The Labute approximate surface area is 101 Å². The third-order valence-corrected chi connectivity index (χ3v) is 5.38. The van der Waals surface area contributed by atoms with Crippen molar-refractivity contribution in [1.82, 2.24) is 0 Å². The highest BCUT2D eigenvalue weighted by molar-refractivity contribution is 4.95. The van der Waals surface area contributed by atoms with Crippen LogP contribution in [0.25, 0.3) is 0 Å². The molecular weight excluding hydrogens is 194 g/mol. The quantitative estimate of drug-likeness (QED) is 0.749. The second-order valence-corrected chi connectivity index (χ2v) is 6.66. The fraction of sp³-hybridized carbons (Fsp3) is 1.00. The number of hydrogen-bond donors (Lipinski definition) is 1. The Morgan fingerprint density at radius 3 is 1.88 bits per heavy atom. The molecule has 0 heterocycles. The lowest BCUT2D eigenvalue weighted by Gasteiger charge is -2.45. The first kappa shape index (κ1) is 12.4. The summed E-state index contributed by atoms with van der Waals surface area (Å²) in [5.74, 6) is 2.55. The van der Waals surface area contributed by atoms with Gasteiger partial charge in [-0.05, 0) is 50.4 Å². The molecule has 2 rings (SSSR count). The summed E-state index contributed by atoms with van der Waals surface area (Å²) in [6, 6.07) is 0. The van der Waals surface area contributed by atoms with Crippen LogP contribution in [0, 0.1) is 17.8 Å². The predicted molar refractivity (Wildman–Crippen MR) is 70.3 cm³/mol. The van der Waals surface area contributed by atoms with Crippen molar-refractivity contribution >= 4 is 0 Å². The molecule has 94 valence electrons. The molecule has 2 saturated carbocycles. The third-order valence-electron chi connectivity index (χ3n) is 5.38. The van der Waals surface area contributed by atoms with Crippen molar-refractivity contribution in [2.24, 2.45) is 23.5 Å². The molecule has 0 aliphatic heterocycles. The van der Waals surface area contributed by atoms with E-state index in [1.807, 2.05) is 0 Å². The van der Waals surface area contributed by atoms with Crippen molar-refractivity contribution in [3.63, 3.8) is 0 Å². The highest BCUT2D eigenvalue weighted by atomic mass is 14.8. The lowest BCUT2D eigenvalue weighted by atomic mass is 9.64. The zero-order valence-electron chi connectivity index (χ0n) is 11.2. The lowest BCUT2D eigenvalue weighted by Crippen LogP contribution is -2.52. The molecule has 0 bridgehead atoms. The van der Waals surface area contributed by atoms with E-state index in [4.69, 9.17) is 5.73 Å². The number of nitrogens with two attached hydrogens (primary N) is 1. The van der Waals surface area contributed by atoms with Crippen LogP contribution in [0.1, 0.15) is 71.6 Å². The zero-order valence-corrected chi connectivity index (χ0v) is 11.2. The molecule has 1 heteroatoms. The molecule has 1 nitrogen and oxygen atoms in total. The molecule has 2 N–H and O–H groups in total. The first-order chi connectivity index (χ1) is 7.60. The van der Waals surface area contributed by atoms with E-state index >= 15 is 0 Å². The summed E-state index contributed by atoms with van der Waals surface area (Å²) >= 11 is 0. The van der Waals surface area contributed by atoms with Gasteiger partial charge in [-0.3, -0.25) is 0 Å². The summed E-state index contributed by atoms with van der Waals surface area (Å²) < 4.78 is 0. The van der Waals surface area contributed by atoms with Crippen molar-refractivity contribution in [2.75, 3.05) is 0 Å². The Balaban J connectivity index is 1.94. The van der Waals surface area contributed by atoms with E-state index in [9.17, 15) is 0 Å². The molecule has 2 fully saturated rings. The van der Waals surface area contributed by atoms with Crippen molar-refractivity contribution < 1.29 is 0 Å². The van der Waals surface area contributed by atoms with Gasteiger partial charge in [0.2, 0.25) is 0 Å². The van der Waals surface area contributed by atoms with E-state index in [1.54, 1.807) is 0 Å². The van der Waals surface area contributed by atoms with Gasteiger partial charge in [0, 0.05) is 5.54 Å². The van der Waals surface area contributed by atoms with Crippen LogP contribution < -0.4 is 5.73 Å². The molecule has 1 atom stereocenters. The number of hydrogen-bond acceptors (Lipinski definition) is 1. The van der Waals surface area contributed by atoms with Gasteiger partial charge >= 0.3 is 0 Å².